The van der Waals surface area contributed by atoms with E-state index in [1.807, 2.05) is 6.08 Å². The normalized spacial score (nSPS) is 28.5. The Bertz CT molecular complexity index is 2060. The second kappa shape index (κ2) is 15.8. The molecule has 3 heterocycles. The van der Waals surface area contributed by atoms with Crippen LogP contribution >= 0.6 is 0 Å². The number of hydrogen-bond acceptors (Lipinski definition) is 10. The van der Waals surface area contributed by atoms with E-state index >= 15 is 0 Å². The number of fused-ring (bicyclic) bond motifs is 3. The van der Waals surface area contributed by atoms with E-state index in [-0.39, 0.29) is 31.2 Å². The van der Waals surface area contributed by atoms with Crippen LogP contribution in [0.5, 0.6) is 11.6 Å². The predicted octanol–water partition coefficient (Wildman–Crippen LogP) is 4.69. The molecule has 7 unspecified atom stereocenters. The molecule has 2 aliphatic heterocycles. The van der Waals surface area contributed by atoms with Gasteiger partial charge in [-0.2, -0.15) is 13.2 Å². The van der Waals surface area contributed by atoms with Crippen molar-refractivity contribution in [1.29, 1.82) is 0 Å². The zero-order valence-electron chi connectivity index (χ0n) is 32.1. The molecule has 3 fully saturated rings. The molecule has 2 aliphatic carbocycles. The van der Waals surface area contributed by atoms with Crippen molar-refractivity contribution in [3.8, 4) is 11.6 Å². The van der Waals surface area contributed by atoms with Gasteiger partial charge in [0.2, 0.25) is 33.3 Å². The second-order valence-electron chi connectivity index (χ2n) is 15.8. The summed E-state index contributed by atoms with van der Waals surface area (Å²) in [6.07, 6.45) is 1.66. The van der Waals surface area contributed by atoms with Gasteiger partial charge in [-0.15, -0.1) is 6.58 Å². The van der Waals surface area contributed by atoms with Crippen molar-refractivity contribution in [2.24, 2.45) is 17.8 Å². The number of aromatic nitrogens is 1. The molecular formula is C39H48F3N5O9S. The summed E-state index contributed by atoms with van der Waals surface area (Å²) in [6.45, 7) is 6.71. The number of alkyl halides is 3. The van der Waals surface area contributed by atoms with Crippen molar-refractivity contribution in [3.63, 3.8) is 0 Å². The number of rotatable bonds is 9. The van der Waals surface area contributed by atoms with Gasteiger partial charge in [0, 0.05) is 23.9 Å². The van der Waals surface area contributed by atoms with Crippen LogP contribution in [0.25, 0.3) is 10.8 Å². The molecule has 6 rings (SSSR count). The first kappa shape index (κ1) is 41.8. The molecule has 3 N–H and O–H groups in total. The highest BCUT2D eigenvalue weighted by molar-refractivity contribution is 7.91. The molecule has 0 spiro atoms. The molecule has 57 heavy (non-hydrogen) atoms. The number of sulfonamides is 1. The Morgan fingerprint density at radius 2 is 1.84 bits per heavy atom. The Labute approximate surface area is 329 Å². The number of benzene rings is 1. The van der Waals surface area contributed by atoms with Gasteiger partial charge in [-0.05, 0) is 87.4 Å². The minimum Gasteiger partial charge on any atom is -0.497 e. The second-order valence-corrected chi connectivity index (χ2v) is 17.8. The van der Waals surface area contributed by atoms with Crippen LogP contribution in [0.2, 0.25) is 0 Å². The van der Waals surface area contributed by atoms with Crippen LogP contribution in [0, 0.1) is 17.8 Å². The first-order valence-corrected chi connectivity index (χ1v) is 20.5. The fourth-order valence-corrected chi connectivity index (χ4v) is 8.70. The smallest absolute Gasteiger partial charge is 0.427 e. The summed E-state index contributed by atoms with van der Waals surface area (Å²) < 4.78 is 85.5. The number of ether oxygens (including phenoxy) is 3. The van der Waals surface area contributed by atoms with Gasteiger partial charge in [0.25, 0.3) is 5.91 Å². The largest absolute Gasteiger partial charge is 0.497 e. The number of nitrogens with zero attached hydrogens (tertiary/aromatic N) is 2. The summed E-state index contributed by atoms with van der Waals surface area (Å²) in [5.74, 6) is -3.15. The first-order valence-electron chi connectivity index (χ1n) is 18.9. The van der Waals surface area contributed by atoms with Gasteiger partial charge in [-0.25, -0.2) is 18.2 Å². The van der Waals surface area contributed by atoms with Crippen LogP contribution in [0.1, 0.15) is 65.7 Å². The summed E-state index contributed by atoms with van der Waals surface area (Å²) in [5.41, 5.74) is -4.55. The van der Waals surface area contributed by atoms with E-state index in [1.54, 1.807) is 43.3 Å². The Morgan fingerprint density at radius 1 is 1.11 bits per heavy atom. The van der Waals surface area contributed by atoms with E-state index < -0.39 is 86.4 Å². The van der Waals surface area contributed by atoms with Gasteiger partial charge in [-0.1, -0.05) is 31.6 Å². The minimum absolute atomic E-state index is 0.0805. The lowest BCUT2D eigenvalue weighted by Gasteiger charge is -2.33. The Kier molecular flexibility index (Phi) is 11.6. The third kappa shape index (κ3) is 9.00. The molecule has 310 valence electrons. The van der Waals surface area contributed by atoms with Gasteiger partial charge in [0.15, 0.2) is 0 Å². The average Bonchev–Trinajstić information content (AvgIpc) is 4.07. The summed E-state index contributed by atoms with van der Waals surface area (Å²) >= 11 is 0. The van der Waals surface area contributed by atoms with Crippen molar-refractivity contribution in [1.82, 2.24) is 25.2 Å². The van der Waals surface area contributed by atoms with Gasteiger partial charge in [0.1, 0.15) is 29.5 Å². The summed E-state index contributed by atoms with van der Waals surface area (Å²) in [5, 5.41) is 5.78. The van der Waals surface area contributed by atoms with Crippen LogP contribution in [-0.4, -0.2) is 96.5 Å². The third-order valence-corrected chi connectivity index (χ3v) is 13.1. The molecular weight excluding hydrogens is 772 g/mol. The van der Waals surface area contributed by atoms with Gasteiger partial charge in [0.05, 0.1) is 18.9 Å². The van der Waals surface area contributed by atoms with E-state index in [0.717, 1.165) is 5.39 Å². The SMILES string of the molecule is C=CC1C=CC2CC2(C(=O)NS(=O)(=O)C2CC2)NC(=O)C2CC(Oc3nccc4cc(OC)ccc34)CN2C(=O)C(NC(=O)OC(C)(C)C(F)(F)F)C(C)CCC1. The van der Waals surface area contributed by atoms with E-state index in [9.17, 15) is 40.8 Å². The fraction of sp³-hybridized carbons (Fsp3) is 0.564. The van der Waals surface area contributed by atoms with Crippen molar-refractivity contribution in [2.75, 3.05) is 13.7 Å². The summed E-state index contributed by atoms with van der Waals surface area (Å²) in [7, 11) is -2.47. The van der Waals surface area contributed by atoms with Crippen LogP contribution < -0.4 is 24.8 Å². The number of amides is 4. The van der Waals surface area contributed by atoms with Gasteiger partial charge >= 0.3 is 12.3 Å². The molecule has 2 aromatic rings. The van der Waals surface area contributed by atoms with Crippen molar-refractivity contribution < 1.29 is 55.0 Å². The number of methoxy groups -OCH3 is 1. The standard InChI is InChI=1S/C39H48F3N5O9S/c1-6-23-9-7-8-22(2)31(44-36(51)56-37(3,4)39(40,41)42)34(49)47-21-27(55-33-29-15-12-26(54-5)18-24(29)16-17-43-33)19-30(47)32(48)45-38(20-25(38)11-10-23)35(50)46-57(52,53)28-13-14-28/h6,10-12,15-18,22-23,25,27-28,30-31H,1,7-9,13-14,19-21H2,2-5H3,(H,44,51)(H,45,48)(H,46,50). The van der Waals surface area contributed by atoms with E-state index in [2.05, 4.69) is 26.9 Å². The fourth-order valence-electron chi connectivity index (χ4n) is 7.33. The highest BCUT2D eigenvalue weighted by atomic mass is 32.2. The Morgan fingerprint density at radius 3 is 2.51 bits per heavy atom. The van der Waals surface area contributed by atoms with Crippen LogP contribution in [0.3, 0.4) is 0 Å². The third-order valence-electron chi connectivity index (χ3n) is 11.3. The lowest BCUT2D eigenvalue weighted by Crippen LogP contribution is -2.59. The molecule has 4 amide bonds. The van der Waals surface area contributed by atoms with Gasteiger partial charge in [-0.3, -0.25) is 19.1 Å². The molecule has 18 heteroatoms. The summed E-state index contributed by atoms with van der Waals surface area (Å²) in [6, 6.07) is 4.22. The molecule has 7 atom stereocenters. The van der Waals surface area contributed by atoms with E-state index in [4.69, 9.17) is 14.2 Å². The van der Waals surface area contributed by atoms with Crippen molar-refractivity contribution in [3.05, 3.63) is 55.3 Å². The average molecular weight is 820 g/mol. The molecule has 2 saturated carbocycles. The van der Waals surface area contributed by atoms with Crippen molar-refractivity contribution in [2.45, 2.75) is 106 Å². The number of carbonyl (C=O) groups excluding carboxylic acids is 4. The van der Waals surface area contributed by atoms with Crippen molar-refractivity contribution >= 4 is 44.6 Å². The number of halogens is 3. The lowest BCUT2D eigenvalue weighted by atomic mass is 9.91. The predicted molar refractivity (Wildman–Crippen MR) is 201 cm³/mol. The topological polar surface area (TPSA) is 182 Å². The van der Waals surface area contributed by atoms with E-state index in [0.29, 0.717) is 57.1 Å². The molecule has 14 nitrogen and oxygen atoms in total. The molecule has 1 aromatic heterocycles. The van der Waals surface area contributed by atoms with Crippen LogP contribution in [-0.2, 0) is 29.1 Å². The quantitative estimate of drug-likeness (QED) is 0.301. The zero-order valence-corrected chi connectivity index (χ0v) is 33.0. The Balaban J connectivity index is 1.35. The number of pyridine rings is 1. The minimum atomic E-state index is -4.92. The number of nitrogens with one attached hydrogen (secondary N) is 3. The Hall–Kier alpha value is -4.87. The molecule has 0 bridgehead atoms. The molecule has 1 aromatic carbocycles. The number of hydrogen-bond donors (Lipinski definition) is 3. The molecule has 1 saturated heterocycles. The molecule has 0 radical (unpaired) electrons. The molecule has 4 aliphatic rings. The monoisotopic (exact) mass is 819 g/mol. The lowest BCUT2D eigenvalue weighted by molar-refractivity contribution is -0.244. The van der Waals surface area contributed by atoms with Crippen LogP contribution in [0.15, 0.2) is 55.3 Å². The number of allylic oxidation sites excluding steroid dienone is 2. The number of carbonyl (C=O) groups is 4. The maximum atomic E-state index is 14.7. The highest BCUT2D eigenvalue weighted by Crippen LogP contribution is 2.46. The van der Waals surface area contributed by atoms with Crippen LogP contribution in [0.4, 0.5) is 18.0 Å². The van der Waals surface area contributed by atoms with E-state index in [1.165, 1.54) is 18.2 Å². The zero-order chi connectivity index (χ0) is 41.5. The first-order chi connectivity index (χ1) is 26.8. The summed E-state index contributed by atoms with van der Waals surface area (Å²) in [4.78, 5) is 61.6. The maximum absolute atomic E-state index is 14.7. The number of alkyl carbamates (subject to hydrolysis) is 1. The maximum Gasteiger partial charge on any atom is 0.427 e. The van der Waals surface area contributed by atoms with Gasteiger partial charge < -0.3 is 29.7 Å². The highest BCUT2D eigenvalue weighted by Gasteiger charge is 2.62.